The third-order valence-electron chi connectivity index (χ3n) is 3.02. The first kappa shape index (κ1) is 16.7. The minimum Gasteiger partial charge on any atom is -0.480 e. The lowest BCUT2D eigenvalue weighted by atomic mass is 10.1. The van der Waals surface area contributed by atoms with E-state index in [0.717, 1.165) is 21.7 Å². The van der Waals surface area contributed by atoms with Gasteiger partial charge in [-0.1, -0.05) is 18.7 Å². The molecule has 2 rings (SSSR count). The fourth-order valence-electron chi connectivity index (χ4n) is 1.74. The first-order chi connectivity index (χ1) is 10.3. The molecule has 118 valence electrons. The van der Waals surface area contributed by atoms with Gasteiger partial charge in [0.15, 0.2) is 0 Å². The molecule has 0 aliphatic carbocycles. The molecular formula is C14H17N3O3S2. The number of thiophene rings is 1. The Bertz CT molecular complexity index is 712. The Balaban J connectivity index is 2.07. The minimum atomic E-state index is -1.28. The van der Waals surface area contributed by atoms with Crippen molar-refractivity contribution in [3.63, 3.8) is 0 Å². The van der Waals surface area contributed by atoms with Crippen molar-refractivity contribution < 1.29 is 14.7 Å². The number of nitrogens with one attached hydrogen (secondary N) is 1. The fraction of sp³-hybridized carbons (Fsp3) is 0.429. The van der Waals surface area contributed by atoms with E-state index in [9.17, 15) is 9.59 Å². The molecule has 6 nitrogen and oxygen atoms in total. The Morgan fingerprint density at radius 2 is 2.14 bits per heavy atom. The van der Waals surface area contributed by atoms with E-state index in [1.54, 1.807) is 11.3 Å². The van der Waals surface area contributed by atoms with Gasteiger partial charge in [0.2, 0.25) is 5.91 Å². The van der Waals surface area contributed by atoms with Crippen LogP contribution in [0.15, 0.2) is 17.4 Å². The van der Waals surface area contributed by atoms with Crippen molar-refractivity contribution in [2.45, 2.75) is 37.8 Å². The molecule has 2 aromatic heterocycles. The van der Waals surface area contributed by atoms with Crippen molar-refractivity contribution in [3.8, 4) is 0 Å². The molecule has 0 bridgehead atoms. The number of carboxylic acid groups (broad SMARTS) is 1. The van der Waals surface area contributed by atoms with Gasteiger partial charge in [0, 0.05) is 10.3 Å². The predicted octanol–water partition coefficient (Wildman–Crippen LogP) is 2.33. The Morgan fingerprint density at radius 1 is 1.41 bits per heavy atom. The number of carbonyl (C=O) groups excluding carboxylic acids is 1. The second-order valence-corrected chi connectivity index (χ2v) is 7.31. The smallest absolute Gasteiger partial charge is 0.328 e. The van der Waals surface area contributed by atoms with E-state index in [2.05, 4.69) is 22.2 Å². The summed E-state index contributed by atoms with van der Waals surface area (Å²) in [5.74, 6) is -1.30. The molecule has 0 radical (unpaired) electrons. The number of thioether (sulfide) groups is 1. The number of carboxylic acids is 1. The van der Waals surface area contributed by atoms with Gasteiger partial charge in [-0.25, -0.2) is 14.8 Å². The predicted molar refractivity (Wildman–Crippen MR) is 87.4 cm³/mol. The van der Waals surface area contributed by atoms with Crippen molar-refractivity contribution in [1.29, 1.82) is 0 Å². The summed E-state index contributed by atoms with van der Waals surface area (Å²) in [6.45, 7) is 4.98. The lowest BCUT2D eigenvalue weighted by molar-refractivity contribution is -0.145. The monoisotopic (exact) mass is 339 g/mol. The van der Waals surface area contributed by atoms with Crippen molar-refractivity contribution >= 4 is 45.2 Å². The Kier molecular flexibility index (Phi) is 5.02. The number of hydrogen-bond acceptors (Lipinski definition) is 6. The molecule has 2 heterocycles. The summed E-state index contributed by atoms with van der Waals surface area (Å²) in [7, 11) is 0. The van der Waals surface area contributed by atoms with Gasteiger partial charge in [-0.2, -0.15) is 0 Å². The fourth-order valence-corrected chi connectivity index (χ4v) is 3.52. The third kappa shape index (κ3) is 3.75. The Labute approximate surface area is 136 Å². The molecule has 8 heteroatoms. The summed E-state index contributed by atoms with van der Waals surface area (Å²) in [6.07, 6.45) is 2.41. The number of aryl methyl sites for hydroxylation is 1. The van der Waals surface area contributed by atoms with Gasteiger partial charge >= 0.3 is 5.97 Å². The van der Waals surface area contributed by atoms with Gasteiger partial charge in [-0.3, -0.25) is 4.79 Å². The second kappa shape index (κ2) is 6.62. The van der Waals surface area contributed by atoms with Crippen LogP contribution in [0.5, 0.6) is 0 Å². The number of hydrogen-bond donors (Lipinski definition) is 2. The van der Waals surface area contributed by atoms with Crippen molar-refractivity contribution in [2.75, 3.05) is 5.75 Å². The maximum Gasteiger partial charge on any atom is 0.328 e. The van der Waals surface area contributed by atoms with E-state index in [1.807, 2.05) is 6.07 Å². The van der Waals surface area contributed by atoms with E-state index in [0.29, 0.717) is 0 Å². The highest BCUT2D eigenvalue weighted by molar-refractivity contribution is 8.00. The number of nitrogens with zero attached hydrogens (tertiary/aromatic N) is 2. The first-order valence-electron chi connectivity index (χ1n) is 6.74. The molecule has 0 aliphatic heterocycles. The number of amides is 1. The lowest BCUT2D eigenvalue weighted by Gasteiger charge is -2.20. The normalized spacial score (nSPS) is 11.6. The molecule has 1 amide bonds. The Hall–Kier alpha value is -1.67. The van der Waals surface area contributed by atoms with E-state index in [-0.39, 0.29) is 11.7 Å². The Morgan fingerprint density at radius 3 is 2.77 bits per heavy atom. The van der Waals surface area contributed by atoms with Crippen LogP contribution in [-0.4, -0.2) is 38.2 Å². The van der Waals surface area contributed by atoms with Crippen molar-refractivity contribution in [3.05, 3.63) is 17.3 Å². The maximum atomic E-state index is 11.9. The highest BCUT2D eigenvalue weighted by Gasteiger charge is 2.28. The van der Waals surface area contributed by atoms with Gasteiger partial charge in [0.1, 0.15) is 21.7 Å². The van der Waals surface area contributed by atoms with Crippen LogP contribution in [0, 0.1) is 0 Å². The first-order valence-corrected chi connectivity index (χ1v) is 8.54. The molecule has 0 fully saturated rings. The van der Waals surface area contributed by atoms with Crippen molar-refractivity contribution in [2.24, 2.45) is 0 Å². The zero-order chi connectivity index (χ0) is 16.3. The number of aliphatic carboxylic acids is 1. The van der Waals surface area contributed by atoms with Crippen LogP contribution in [0.4, 0.5) is 0 Å². The number of carbonyl (C=O) groups is 2. The minimum absolute atomic E-state index is 0.111. The van der Waals surface area contributed by atoms with Crippen LogP contribution >= 0.6 is 23.1 Å². The standard InChI is InChI=1S/C14H17N3O3S2/c1-4-8-5-9-11(15-7-16-12(9)22-8)21-6-10(18)17-14(2,3)13(19)20/h5,7H,4,6H2,1-3H3,(H,17,18)(H,19,20). The number of rotatable bonds is 6. The van der Waals surface area contributed by atoms with Gasteiger partial charge in [0.25, 0.3) is 0 Å². The summed E-state index contributed by atoms with van der Waals surface area (Å²) in [4.78, 5) is 33.5. The van der Waals surface area contributed by atoms with Gasteiger partial charge in [-0.15, -0.1) is 11.3 Å². The van der Waals surface area contributed by atoms with E-state index >= 15 is 0 Å². The molecule has 0 atom stereocenters. The number of aromatic nitrogens is 2. The molecule has 0 unspecified atom stereocenters. The SMILES string of the molecule is CCc1cc2c(SCC(=O)NC(C)(C)C(=O)O)ncnc2s1. The zero-order valence-electron chi connectivity index (χ0n) is 12.5. The number of fused-ring (bicyclic) bond motifs is 1. The van der Waals surface area contributed by atoms with E-state index < -0.39 is 11.5 Å². The molecule has 22 heavy (non-hydrogen) atoms. The van der Waals surface area contributed by atoms with Crippen LogP contribution in [0.1, 0.15) is 25.6 Å². The average molecular weight is 339 g/mol. The molecule has 0 saturated heterocycles. The van der Waals surface area contributed by atoms with Gasteiger partial charge in [-0.05, 0) is 26.3 Å². The molecule has 0 aromatic carbocycles. The quantitative estimate of drug-likeness (QED) is 0.620. The summed E-state index contributed by atoms with van der Waals surface area (Å²) in [5.41, 5.74) is -1.28. The molecular weight excluding hydrogens is 322 g/mol. The molecule has 0 saturated carbocycles. The van der Waals surface area contributed by atoms with Crippen LogP contribution in [0.3, 0.4) is 0 Å². The lowest BCUT2D eigenvalue weighted by Crippen LogP contribution is -2.50. The van der Waals surface area contributed by atoms with Gasteiger partial charge < -0.3 is 10.4 Å². The molecule has 0 spiro atoms. The van der Waals surface area contributed by atoms with E-state index in [4.69, 9.17) is 5.11 Å². The highest BCUT2D eigenvalue weighted by atomic mass is 32.2. The second-order valence-electron chi connectivity index (χ2n) is 5.23. The maximum absolute atomic E-state index is 11.9. The summed E-state index contributed by atoms with van der Waals surface area (Å²) in [5, 5.41) is 13.2. The van der Waals surface area contributed by atoms with Crippen LogP contribution in [0.2, 0.25) is 0 Å². The molecule has 2 aromatic rings. The largest absolute Gasteiger partial charge is 0.480 e. The molecule has 2 N–H and O–H groups in total. The van der Waals surface area contributed by atoms with Crippen molar-refractivity contribution in [1.82, 2.24) is 15.3 Å². The summed E-state index contributed by atoms with van der Waals surface area (Å²) in [6, 6.07) is 2.04. The summed E-state index contributed by atoms with van der Waals surface area (Å²) < 4.78 is 0. The van der Waals surface area contributed by atoms with Crippen LogP contribution < -0.4 is 5.32 Å². The van der Waals surface area contributed by atoms with Gasteiger partial charge in [0.05, 0.1) is 5.75 Å². The van der Waals surface area contributed by atoms with Crippen LogP contribution in [-0.2, 0) is 16.0 Å². The van der Waals surface area contributed by atoms with E-state index in [1.165, 1.54) is 36.8 Å². The molecule has 0 aliphatic rings. The highest BCUT2D eigenvalue weighted by Crippen LogP contribution is 2.30. The zero-order valence-corrected chi connectivity index (χ0v) is 14.2. The summed E-state index contributed by atoms with van der Waals surface area (Å²) >= 11 is 2.90. The average Bonchev–Trinajstić information content (AvgIpc) is 2.88. The third-order valence-corrected chi connectivity index (χ3v) is 5.21. The topological polar surface area (TPSA) is 92.2 Å². The van der Waals surface area contributed by atoms with Crippen LogP contribution in [0.25, 0.3) is 10.2 Å².